The maximum Gasteiger partial charge on any atom is 0.336 e. The zero-order chi connectivity index (χ0) is 27.7. The summed E-state index contributed by atoms with van der Waals surface area (Å²) in [6, 6.07) is 12.7. The molecule has 5 rings (SSSR count). The second-order valence-corrected chi connectivity index (χ2v) is 11.7. The summed E-state index contributed by atoms with van der Waals surface area (Å²) in [6.07, 6.45) is 6.29. The van der Waals surface area contributed by atoms with Crippen LogP contribution in [0.25, 0.3) is 11.0 Å². The number of rotatable bonds is 7. The molecule has 1 saturated heterocycles. The third kappa shape index (κ3) is 5.46. The average molecular weight is 552 g/mol. The first-order chi connectivity index (χ1) is 18.7. The van der Waals surface area contributed by atoms with Gasteiger partial charge in [-0.25, -0.2) is 4.79 Å². The highest BCUT2D eigenvalue weighted by atomic mass is 35.5. The molecule has 1 amide bonds. The minimum absolute atomic E-state index is 0.0458. The van der Waals surface area contributed by atoms with E-state index in [0.29, 0.717) is 34.9 Å². The van der Waals surface area contributed by atoms with Crippen LogP contribution in [-0.4, -0.2) is 34.2 Å². The zero-order valence-corrected chi connectivity index (χ0v) is 23.8. The van der Waals surface area contributed by atoms with Gasteiger partial charge < -0.3 is 19.2 Å². The maximum atomic E-state index is 14.0. The van der Waals surface area contributed by atoms with E-state index in [1.807, 2.05) is 48.2 Å². The van der Waals surface area contributed by atoms with E-state index in [9.17, 15) is 14.7 Å². The third-order valence-corrected chi connectivity index (χ3v) is 8.96. The summed E-state index contributed by atoms with van der Waals surface area (Å²) in [4.78, 5) is 28.1. The van der Waals surface area contributed by atoms with Crippen LogP contribution in [0.5, 0.6) is 5.75 Å². The molecule has 6 nitrogen and oxygen atoms in total. The molecule has 4 atom stereocenters. The van der Waals surface area contributed by atoms with Crippen molar-refractivity contribution in [3.05, 3.63) is 74.6 Å². The molecule has 1 aromatic heterocycles. The van der Waals surface area contributed by atoms with Crippen LogP contribution in [0.2, 0.25) is 5.02 Å². The van der Waals surface area contributed by atoms with Crippen molar-refractivity contribution in [3.8, 4) is 5.75 Å². The minimum Gasteiger partial charge on any atom is -0.480 e. The Morgan fingerprint density at radius 2 is 1.97 bits per heavy atom. The molecule has 1 aliphatic heterocycles. The van der Waals surface area contributed by atoms with Crippen molar-refractivity contribution in [1.82, 2.24) is 4.90 Å². The highest BCUT2D eigenvalue weighted by Crippen LogP contribution is 2.49. The van der Waals surface area contributed by atoms with E-state index in [2.05, 4.69) is 6.92 Å². The quantitative estimate of drug-likeness (QED) is 0.328. The van der Waals surface area contributed by atoms with Gasteiger partial charge in [-0.2, -0.15) is 0 Å². The number of aliphatic hydroxyl groups is 1. The number of unbranched alkanes of at least 4 members (excludes halogenated alkanes) is 1. The number of ether oxygens (including phenoxy) is 1. The first-order valence-corrected chi connectivity index (χ1v) is 14.6. The van der Waals surface area contributed by atoms with Crippen LogP contribution >= 0.6 is 11.6 Å². The number of likely N-dealkylation sites (tertiary alicyclic amines) is 1. The number of nitrogens with zero attached hydrogens (tertiary/aromatic N) is 1. The lowest BCUT2D eigenvalue weighted by Crippen LogP contribution is -2.58. The Hall–Kier alpha value is -2.83. The van der Waals surface area contributed by atoms with Gasteiger partial charge in [-0.3, -0.25) is 4.79 Å². The average Bonchev–Trinajstić information content (AvgIpc) is 2.92. The van der Waals surface area contributed by atoms with Crippen LogP contribution < -0.4 is 10.4 Å². The summed E-state index contributed by atoms with van der Waals surface area (Å²) in [7, 11) is 0. The molecule has 39 heavy (non-hydrogen) atoms. The van der Waals surface area contributed by atoms with Crippen molar-refractivity contribution in [2.45, 2.75) is 89.9 Å². The number of piperidine rings is 1. The number of carbonyl (C=O) groups is 1. The van der Waals surface area contributed by atoms with Crippen LogP contribution in [-0.2, 0) is 11.2 Å². The van der Waals surface area contributed by atoms with Gasteiger partial charge in [0.2, 0.25) is 0 Å². The standard InChI is InChI=1S/C32H38ClNO5/c1-4-5-8-23-19-28(35)39-30-20(2)27(15-14-25(23)30)38-21(3)31(36)34-18-17-32(37)16-7-6-9-26(32)29(34)22-10-12-24(33)13-11-22/h10-15,19,21,26,29,37H,4-9,16-18H2,1-3H3/t21-,26-,29+,32-/m1/s1. The monoisotopic (exact) mass is 551 g/mol. The fourth-order valence-electron chi connectivity index (χ4n) is 6.59. The summed E-state index contributed by atoms with van der Waals surface area (Å²) < 4.78 is 11.9. The maximum absolute atomic E-state index is 14.0. The number of hydrogen-bond donors (Lipinski definition) is 1. The fourth-order valence-corrected chi connectivity index (χ4v) is 6.71. The third-order valence-electron chi connectivity index (χ3n) is 8.71. The molecule has 1 aliphatic carbocycles. The molecule has 2 aromatic carbocycles. The molecule has 3 aromatic rings. The van der Waals surface area contributed by atoms with Crippen LogP contribution in [0, 0.1) is 12.8 Å². The summed E-state index contributed by atoms with van der Waals surface area (Å²) in [6.45, 7) is 6.21. The lowest BCUT2D eigenvalue weighted by molar-refractivity contribution is -0.161. The molecule has 1 saturated carbocycles. The molecule has 7 heteroatoms. The minimum atomic E-state index is -0.772. The molecule has 0 unspecified atom stereocenters. The van der Waals surface area contributed by atoms with E-state index in [4.69, 9.17) is 20.8 Å². The van der Waals surface area contributed by atoms with E-state index >= 15 is 0 Å². The Kier molecular flexibility index (Phi) is 8.06. The number of hydrogen-bond acceptors (Lipinski definition) is 5. The molecule has 2 fully saturated rings. The van der Waals surface area contributed by atoms with Gasteiger partial charge in [-0.05, 0) is 81.3 Å². The van der Waals surface area contributed by atoms with Gasteiger partial charge in [0.15, 0.2) is 6.10 Å². The van der Waals surface area contributed by atoms with Crippen LogP contribution in [0.1, 0.15) is 81.5 Å². The second kappa shape index (κ2) is 11.3. The fraction of sp³-hybridized carbons (Fsp3) is 0.500. The van der Waals surface area contributed by atoms with Crippen molar-refractivity contribution < 1.29 is 19.1 Å². The van der Waals surface area contributed by atoms with Crippen LogP contribution in [0.15, 0.2) is 51.7 Å². The van der Waals surface area contributed by atoms with E-state index in [1.165, 1.54) is 0 Å². The molecule has 0 radical (unpaired) electrons. The van der Waals surface area contributed by atoms with E-state index in [0.717, 1.165) is 61.5 Å². The normalized spacial score (nSPS) is 23.9. The Balaban J connectivity index is 1.43. The summed E-state index contributed by atoms with van der Waals surface area (Å²) >= 11 is 6.18. The lowest BCUT2D eigenvalue weighted by Gasteiger charge is -2.53. The first kappa shape index (κ1) is 27.7. The smallest absolute Gasteiger partial charge is 0.336 e. The molecular weight excluding hydrogens is 514 g/mol. The molecule has 0 spiro atoms. The number of carbonyl (C=O) groups excluding carboxylic acids is 1. The molecule has 0 bridgehead atoms. The summed E-state index contributed by atoms with van der Waals surface area (Å²) in [5, 5.41) is 13.1. The lowest BCUT2D eigenvalue weighted by atomic mass is 9.66. The predicted molar refractivity (Wildman–Crippen MR) is 153 cm³/mol. The van der Waals surface area contributed by atoms with Crippen molar-refractivity contribution in [1.29, 1.82) is 0 Å². The van der Waals surface area contributed by atoms with Gasteiger partial charge in [0.05, 0.1) is 11.6 Å². The number of fused-ring (bicyclic) bond motifs is 2. The van der Waals surface area contributed by atoms with Crippen LogP contribution in [0.4, 0.5) is 0 Å². The molecule has 208 valence electrons. The van der Waals surface area contributed by atoms with Crippen LogP contribution in [0.3, 0.4) is 0 Å². The van der Waals surface area contributed by atoms with E-state index in [1.54, 1.807) is 13.0 Å². The van der Waals surface area contributed by atoms with Gasteiger partial charge in [0.1, 0.15) is 11.3 Å². The number of aryl methyl sites for hydroxylation is 2. The van der Waals surface area contributed by atoms with Crippen molar-refractivity contribution in [2.75, 3.05) is 6.54 Å². The van der Waals surface area contributed by atoms with E-state index in [-0.39, 0.29) is 23.5 Å². The summed E-state index contributed by atoms with van der Waals surface area (Å²) in [5.74, 6) is 0.351. The van der Waals surface area contributed by atoms with Gasteiger partial charge in [-0.1, -0.05) is 49.9 Å². The van der Waals surface area contributed by atoms with Gasteiger partial charge >= 0.3 is 5.63 Å². The number of amides is 1. The first-order valence-electron chi connectivity index (χ1n) is 14.2. The van der Waals surface area contributed by atoms with E-state index < -0.39 is 11.7 Å². The largest absolute Gasteiger partial charge is 0.480 e. The molecule has 2 aliphatic rings. The van der Waals surface area contributed by atoms with Crippen molar-refractivity contribution >= 4 is 28.5 Å². The van der Waals surface area contributed by atoms with Gasteiger partial charge in [-0.15, -0.1) is 0 Å². The molecule has 1 N–H and O–H groups in total. The number of benzene rings is 2. The molecular formula is C32H38ClNO5. The van der Waals surface area contributed by atoms with Gasteiger partial charge in [0, 0.05) is 34.5 Å². The number of halogens is 1. The zero-order valence-electron chi connectivity index (χ0n) is 23.0. The highest BCUT2D eigenvalue weighted by molar-refractivity contribution is 6.30. The highest BCUT2D eigenvalue weighted by Gasteiger charge is 2.50. The SMILES string of the molecule is CCCCc1cc(=O)oc2c(C)c(O[C@H](C)C(=O)N3CC[C@]4(O)CCCC[C@@H]4[C@@H]3c3ccc(Cl)cc3)ccc12. The van der Waals surface area contributed by atoms with Gasteiger partial charge in [0.25, 0.3) is 5.91 Å². The second-order valence-electron chi connectivity index (χ2n) is 11.3. The Morgan fingerprint density at radius 3 is 2.72 bits per heavy atom. The topological polar surface area (TPSA) is 80.0 Å². The summed E-state index contributed by atoms with van der Waals surface area (Å²) in [5.41, 5.74) is 2.02. The van der Waals surface area contributed by atoms with Crippen molar-refractivity contribution in [3.63, 3.8) is 0 Å². The Labute approximate surface area is 234 Å². The Bertz CT molecular complexity index is 1400. The Morgan fingerprint density at radius 1 is 1.21 bits per heavy atom. The molecule has 2 heterocycles. The van der Waals surface area contributed by atoms with Crippen molar-refractivity contribution in [2.24, 2.45) is 5.92 Å². The predicted octanol–water partition coefficient (Wildman–Crippen LogP) is 6.76.